The van der Waals surface area contributed by atoms with Crippen LogP contribution in [0.5, 0.6) is 0 Å². The van der Waals surface area contributed by atoms with Crippen molar-refractivity contribution in [3.05, 3.63) is 162 Å². The van der Waals surface area contributed by atoms with Gasteiger partial charge in [-0.25, -0.2) is 4.98 Å². The van der Waals surface area contributed by atoms with Crippen molar-refractivity contribution in [3.63, 3.8) is 0 Å². The second-order valence-electron chi connectivity index (χ2n) is 19.4. The largest absolute Gasteiger partial charge is 0.333 e. The summed E-state index contributed by atoms with van der Waals surface area (Å²) >= 11 is 1.74. The maximum atomic E-state index is 5.30. The summed E-state index contributed by atoms with van der Waals surface area (Å²) in [4.78, 5) is 15.9. The molecule has 4 nitrogen and oxygen atoms in total. The van der Waals surface area contributed by atoms with Crippen LogP contribution in [0.2, 0.25) is 19.6 Å². The van der Waals surface area contributed by atoms with Crippen molar-refractivity contribution >= 4 is 55.9 Å². The topological polar surface area (TPSA) is 43.6 Å². The average Bonchev–Trinajstić information content (AvgIpc) is 3.81. The molecule has 0 fully saturated rings. The summed E-state index contributed by atoms with van der Waals surface area (Å²) in [6.45, 7) is 25.3. The number of aryl methyl sites for hydroxylation is 1. The normalized spacial score (nSPS) is 12.0. The van der Waals surface area contributed by atoms with Crippen LogP contribution in [0.3, 0.4) is 0 Å². The Kier molecular flexibility index (Phi) is 13.6. The van der Waals surface area contributed by atoms with Gasteiger partial charge in [0.05, 0.1) is 24.9 Å². The van der Waals surface area contributed by atoms with Crippen LogP contribution in [-0.4, -0.2) is 27.6 Å². The van der Waals surface area contributed by atoms with Crippen molar-refractivity contribution in [1.29, 1.82) is 0 Å². The molecule has 0 atom stereocenters. The molecule has 0 bridgehead atoms. The molecule has 9 rings (SSSR count). The molecule has 63 heavy (non-hydrogen) atoms. The Morgan fingerprint density at radius 2 is 1.40 bits per heavy atom. The molecule has 323 valence electrons. The number of nitrogens with zero attached hydrogens (tertiary/aromatic N) is 4. The number of benzene rings is 5. The third kappa shape index (κ3) is 9.73. The van der Waals surface area contributed by atoms with Crippen molar-refractivity contribution in [2.24, 2.45) is 5.41 Å². The maximum Gasteiger partial charge on any atom is 0.113 e. The first-order valence-corrected chi connectivity index (χ1v) is 26.3. The summed E-state index contributed by atoms with van der Waals surface area (Å²) in [6, 6.07) is 49.7. The minimum Gasteiger partial charge on any atom is -0.333 e. The van der Waals surface area contributed by atoms with Crippen LogP contribution in [0.25, 0.3) is 70.8 Å². The van der Waals surface area contributed by atoms with E-state index in [4.69, 9.17) is 15.0 Å². The number of thiophene rings is 1. The molecule has 0 aliphatic rings. The molecule has 4 aromatic heterocycles. The molecule has 0 aliphatic heterocycles. The Morgan fingerprint density at radius 1 is 0.714 bits per heavy atom. The van der Waals surface area contributed by atoms with Gasteiger partial charge in [0.1, 0.15) is 4.83 Å². The van der Waals surface area contributed by atoms with E-state index in [9.17, 15) is 0 Å². The van der Waals surface area contributed by atoms with Gasteiger partial charge in [0.2, 0.25) is 0 Å². The van der Waals surface area contributed by atoms with Crippen LogP contribution in [-0.2, 0) is 26.5 Å². The molecule has 0 amide bonds. The first-order valence-electron chi connectivity index (χ1n) is 22.0. The van der Waals surface area contributed by atoms with Crippen molar-refractivity contribution in [1.82, 2.24) is 19.5 Å². The summed E-state index contributed by atoms with van der Waals surface area (Å²) in [7, 11) is -1.37. The van der Waals surface area contributed by atoms with Crippen LogP contribution in [0.15, 0.2) is 128 Å². The van der Waals surface area contributed by atoms with Gasteiger partial charge in [-0.1, -0.05) is 139 Å². The van der Waals surface area contributed by atoms with E-state index in [1.165, 1.54) is 54.2 Å². The number of fused-ring (bicyclic) bond motifs is 4. The van der Waals surface area contributed by atoms with Gasteiger partial charge in [0, 0.05) is 37.7 Å². The van der Waals surface area contributed by atoms with Gasteiger partial charge in [0.25, 0.3) is 0 Å². The molecular weight excluding hydrogens is 981 g/mol. The van der Waals surface area contributed by atoms with Crippen LogP contribution in [0, 0.1) is 24.5 Å². The molecular formula is C56H58IrN4SSi-2. The Bertz CT molecular complexity index is 3000. The zero-order valence-electron chi connectivity index (χ0n) is 38.5. The smallest absolute Gasteiger partial charge is 0.113 e. The monoisotopic (exact) mass is 1040 g/mol. The summed E-state index contributed by atoms with van der Waals surface area (Å²) in [5.74, 6) is 1.56. The van der Waals surface area contributed by atoms with Gasteiger partial charge in [-0.2, -0.15) is 11.3 Å². The molecule has 4 heterocycles. The van der Waals surface area contributed by atoms with Gasteiger partial charge in [-0.05, 0) is 104 Å². The molecule has 5 aromatic carbocycles. The zero-order valence-corrected chi connectivity index (χ0v) is 42.7. The Morgan fingerprint density at radius 3 is 2.05 bits per heavy atom. The van der Waals surface area contributed by atoms with Crippen LogP contribution >= 0.6 is 11.3 Å². The molecule has 7 heteroatoms. The number of rotatable bonds is 8. The van der Waals surface area contributed by atoms with Gasteiger partial charge in [-0.15, -0.1) is 54.1 Å². The molecule has 0 saturated carbocycles. The van der Waals surface area contributed by atoms with Gasteiger partial charge >= 0.3 is 0 Å². The van der Waals surface area contributed by atoms with E-state index < -0.39 is 8.07 Å². The van der Waals surface area contributed by atoms with Gasteiger partial charge in [0.15, 0.2) is 0 Å². The van der Waals surface area contributed by atoms with E-state index in [0.717, 1.165) is 50.6 Å². The number of para-hydroxylation sites is 2. The fourth-order valence-electron chi connectivity index (χ4n) is 8.51. The Balaban J connectivity index is 0.000000229. The summed E-state index contributed by atoms with van der Waals surface area (Å²) in [5.41, 5.74) is 14.4. The second kappa shape index (κ2) is 18.6. The van der Waals surface area contributed by atoms with Gasteiger partial charge < -0.3 is 9.55 Å². The van der Waals surface area contributed by atoms with Gasteiger partial charge in [-0.3, -0.25) is 4.98 Å². The van der Waals surface area contributed by atoms with Crippen molar-refractivity contribution < 1.29 is 20.1 Å². The van der Waals surface area contributed by atoms with E-state index >= 15 is 0 Å². The molecule has 9 aromatic rings. The SMILES string of the molecule is CC(C)(C)Cc1cc(-c2[c-]cccc2)ncc1[Si](C)(C)C.Cc1ccc2c(n1)sc1c(-c3nc4ccccc4n3-c3c(C(C)C)cc(-c4ccccc4)cc3C(C)C)[c-]ccc12.[Ir]. The minimum atomic E-state index is -1.37. The fourth-order valence-corrected chi connectivity index (χ4v) is 11.3. The summed E-state index contributed by atoms with van der Waals surface area (Å²) < 4.78 is 3.58. The first-order chi connectivity index (χ1) is 29.6. The van der Waals surface area contributed by atoms with E-state index in [1.54, 1.807) is 11.3 Å². The van der Waals surface area contributed by atoms with E-state index in [1.807, 2.05) is 24.3 Å². The predicted octanol–water partition coefficient (Wildman–Crippen LogP) is 15.2. The summed E-state index contributed by atoms with van der Waals surface area (Å²) in [5, 5.41) is 3.88. The van der Waals surface area contributed by atoms with Crippen LogP contribution < -0.4 is 5.19 Å². The van der Waals surface area contributed by atoms with E-state index in [0.29, 0.717) is 11.8 Å². The average molecular weight is 1040 g/mol. The second-order valence-corrected chi connectivity index (χ2v) is 25.5. The standard InChI is InChI=1S/C37H32N3S.C19H26NSi.Ir/c1-22(2)30-20-26(25-12-7-6-8-13-25)21-31(23(3)4)34(30)40-33-17-10-9-16-32(33)39-36(40)29-15-11-14-27-28-19-18-24(5)38-37(28)41-35(27)29;1-19(2,3)13-16-12-17(15-10-8-7-9-11-15)20-14-18(16)21(4,5)6;/h6-14,16-23H,1-5H3;7-10,12,14H,13H2,1-6H3;/q2*-1;. The van der Waals surface area contributed by atoms with Crippen molar-refractivity contribution in [2.45, 2.75) is 93.3 Å². The van der Waals surface area contributed by atoms with E-state index in [2.05, 4.69) is 195 Å². The number of aromatic nitrogens is 4. The Hall–Kier alpha value is -5.04. The third-order valence-corrected chi connectivity index (χ3v) is 14.7. The molecule has 0 N–H and O–H groups in total. The number of imidazole rings is 1. The third-order valence-electron chi connectivity index (χ3n) is 11.5. The van der Waals surface area contributed by atoms with Crippen molar-refractivity contribution in [3.8, 4) is 39.5 Å². The fraction of sp³-hybridized carbons (Fsp3) is 0.268. The number of hydrogen-bond donors (Lipinski definition) is 0. The minimum absolute atomic E-state index is 0. The van der Waals surface area contributed by atoms with E-state index in [-0.39, 0.29) is 25.5 Å². The number of pyridine rings is 2. The Labute approximate surface area is 393 Å². The summed E-state index contributed by atoms with van der Waals surface area (Å²) in [6.07, 6.45) is 3.21. The maximum absolute atomic E-state index is 5.30. The first kappa shape index (κ1) is 46.0. The quantitative estimate of drug-likeness (QED) is 0.113. The zero-order chi connectivity index (χ0) is 43.9. The molecule has 0 aliphatic carbocycles. The molecule has 0 saturated heterocycles. The number of hydrogen-bond acceptors (Lipinski definition) is 4. The van der Waals surface area contributed by atoms with Crippen LogP contribution in [0.4, 0.5) is 0 Å². The van der Waals surface area contributed by atoms with Crippen LogP contribution in [0.1, 0.15) is 82.7 Å². The molecule has 1 radical (unpaired) electrons. The molecule has 0 unspecified atom stereocenters. The van der Waals surface area contributed by atoms with Crippen molar-refractivity contribution in [2.75, 3.05) is 0 Å². The molecule has 0 spiro atoms. The predicted molar refractivity (Wildman–Crippen MR) is 269 cm³/mol.